The summed E-state index contributed by atoms with van der Waals surface area (Å²) in [6.07, 6.45) is 3.50. The molecule has 0 heterocycles. The van der Waals surface area contributed by atoms with E-state index in [9.17, 15) is 24.0 Å². The van der Waals surface area contributed by atoms with Gasteiger partial charge in [-0.3, -0.25) is 19.2 Å². The van der Waals surface area contributed by atoms with Crippen molar-refractivity contribution in [2.24, 2.45) is 5.92 Å². The van der Waals surface area contributed by atoms with Gasteiger partial charge in [0.05, 0.1) is 6.54 Å². The molecule has 0 saturated heterocycles. The molecule has 4 amide bonds. The highest BCUT2D eigenvalue weighted by Crippen LogP contribution is 2.20. The number of ether oxygens (including phenoxy) is 1. The van der Waals surface area contributed by atoms with Crippen LogP contribution in [0.2, 0.25) is 0 Å². The predicted molar refractivity (Wildman–Crippen MR) is 151 cm³/mol. The lowest BCUT2D eigenvalue weighted by molar-refractivity contribution is -0.147. The van der Waals surface area contributed by atoms with Gasteiger partial charge in [-0.2, -0.15) is 11.8 Å². The molecule has 2 unspecified atom stereocenters. The average molecular weight is 563 g/mol. The van der Waals surface area contributed by atoms with Crippen molar-refractivity contribution >= 4 is 41.4 Å². The number of thioether (sulfide) groups is 1. The molecule has 1 aromatic carbocycles. The lowest BCUT2D eigenvalue weighted by Crippen LogP contribution is -2.56. The van der Waals surface area contributed by atoms with Crippen LogP contribution in [0.5, 0.6) is 0 Å². The van der Waals surface area contributed by atoms with Crippen molar-refractivity contribution in [3.63, 3.8) is 0 Å². The van der Waals surface area contributed by atoms with Gasteiger partial charge in [0, 0.05) is 12.1 Å². The van der Waals surface area contributed by atoms with Crippen LogP contribution in [-0.4, -0.2) is 77.2 Å². The minimum absolute atomic E-state index is 0.0231. The predicted octanol–water partition coefficient (Wildman–Crippen LogP) is 2.65. The normalized spacial score (nSPS) is 14.3. The van der Waals surface area contributed by atoms with Crippen molar-refractivity contribution < 1.29 is 28.7 Å². The fourth-order valence-corrected chi connectivity index (χ4v) is 4.53. The Morgan fingerprint density at radius 1 is 1.05 bits per heavy atom. The van der Waals surface area contributed by atoms with Crippen LogP contribution in [0.25, 0.3) is 0 Å². The second-order valence-corrected chi connectivity index (χ2v) is 11.4. The molecule has 11 heteroatoms. The summed E-state index contributed by atoms with van der Waals surface area (Å²) >= 11 is 1.52. The molecule has 10 nitrogen and oxygen atoms in total. The molecule has 1 fully saturated rings. The maximum Gasteiger partial charge on any atom is 0.408 e. The van der Waals surface area contributed by atoms with E-state index in [0.29, 0.717) is 18.6 Å². The van der Waals surface area contributed by atoms with Gasteiger partial charge >= 0.3 is 6.09 Å². The number of carbonyl (C=O) groups excluding carboxylic acids is 5. The summed E-state index contributed by atoms with van der Waals surface area (Å²) in [5.74, 6) is -1.67. The fraction of sp³-hybridized carbons (Fsp3) is 0.607. The van der Waals surface area contributed by atoms with Gasteiger partial charge in [-0.25, -0.2) is 4.79 Å². The Morgan fingerprint density at radius 2 is 1.72 bits per heavy atom. The van der Waals surface area contributed by atoms with Crippen molar-refractivity contribution in [2.45, 2.75) is 84.2 Å². The van der Waals surface area contributed by atoms with Crippen LogP contribution in [0.3, 0.4) is 0 Å². The molecular formula is C28H42N4O6S. The van der Waals surface area contributed by atoms with Crippen LogP contribution in [0, 0.1) is 5.92 Å². The molecule has 0 aliphatic heterocycles. The van der Waals surface area contributed by atoms with Gasteiger partial charge in [-0.1, -0.05) is 44.2 Å². The second kappa shape index (κ2) is 16.1. The van der Waals surface area contributed by atoms with E-state index in [1.54, 1.807) is 13.8 Å². The Hall–Kier alpha value is -3.08. The maximum atomic E-state index is 13.3. The van der Waals surface area contributed by atoms with Gasteiger partial charge in [0.15, 0.2) is 0 Å². The van der Waals surface area contributed by atoms with Gasteiger partial charge in [-0.05, 0) is 63.0 Å². The minimum atomic E-state index is -0.932. The third kappa shape index (κ3) is 11.3. The number of nitrogens with zero attached hydrogens (tertiary/aromatic N) is 1. The number of alkyl carbamates (subject to hydrolysis) is 1. The molecule has 3 N–H and O–H groups in total. The first-order valence-corrected chi connectivity index (χ1v) is 14.8. The van der Waals surface area contributed by atoms with E-state index in [0.717, 1.165) is 18.4 Å². The van der Waals surface area contributed by atoms with Gasteiger partial charge in [0.25, 0.3) is 5.91 Å². The van der Waals surface area contributed by atoms with E-state index in [-0.39, 0.29) is 31.2 Å². The van der Waals surface area contributed by atoms with E-state index in [4.69, 9.17) is 4.74 Å². The summed E-state index contributed by atoms with van der Waals surface area (Å²) in [5, 5.41) is 7.91. The highest BCUT2D eigenvalue weighted by molar-refractivity contribution is 7.98. The molecule has 216 valence electrons. The summed E-state index contributed by atoms with van der Waals surface area (Å²) in [6, 6.07) is 6.98. The van der Waals surface area contributed by atoms with Gasteiger partial charge in [-0.15, -0.1) is 0 Å². The number of carbonyl (C=O) groups is 5. The zero-order valence-corrected chi connectivity index (χ0v) is 24.3. The lowest BCUT2D eigenvalue weighted by Gasteiger charge is -2.34. The fourth-order valence-electron chi connectivity index (χ4n) is 4.07. The topological polar surface area (TPSA) is 134 Å². The molecule has 1 aliphatic rings. The van der Waals surface area contributed by atoms with Crippen molar-refractivity contribution in [1.82, 2.24) is 20.9 Å². The Labute approximate surface area is 235 Å². The first-order chi connectivity index (χ1) is 18.5. The van der Waals surface area contributed by atoms with Crippen LogP contribution < -0.4 is 16.0 Å². The van der Waals surface area contributed by atoms with E-state index in [1.165, 1.54) is 16.7 Å². The Balaban J connectivity index is 2.03. The van der Waals surface area contributed by atoms with Crippen LogP contribution in [-0.2, 0) is 30.5 Å². The Morgan fingerprint density at radius 3 is 2.28 bits per heavy atom. The van der Waals surface area contributed by atoms with Gasteiger partial charge < -0.3 is 25.6 Å². The third-order valence-electron chi connectivity index (χ3n) is 6.16. The first-order valence-electron chi connectivity index (χ1n) is 13.4. The number of ketones is 1. The molecule has 0 bridgehead atoms. The van der Waals surface area contributed by atoms with Gasteiger partial charge in [0.1, 0.15) is 18.7 Å². The molecule has 1 saturated carbocycles. The highest BCUT2D eigenvalue weighted by Gasteiger charge is 2.37. The molecule has 2 atom stereocenters. The number of benzene rings is 1. The zero-order chi connectivity index (χ0) is 28.9. The first kappa shape index (κ1) is 32.1. The molecule has 0 radical (unpaired) electrons. The molecule has 0 spiro atoms. The summed E-state index contributed by atoms with van der Waals surface area (Å²) in [4.78, 5) is 65.6. The molecular weight excluding hydrogens is 520 g/mol. The monoisotopic (exact) mass is 562 g/mol. The smallest absolute Gasteiger partial charge is 0.408 e. The number of hydrogen-bond acceptors (Lipinski definition) is 7. The summed E-state index contributed by atoms with van der Waals surface area (Å²) < 4.78 is 5.25. The second-order valence-electron chi connectivity index (χ2n) is 10.4. The van der Waals surface area contributed by atoms with E-state index in [2.05, 4.69) is 16.0 Å². The third-order valence-corrected chi connectivity index (χ3v) is 6.80. The number of hydrogen-bond donors (Lipinski definition) is 3. The molecule has 39 heavy (non-hydrogen) atoms. The minimum Gasteiger partial charge on any atom is -0.445 e. The van der Waals surface area contributed by atoms with Gasteiger partial charge in [0.2, 0.25) is 17.6 Å². The molecule has 2 rings (SSSR count). The van der Waals surface area contributed by atoms with E-state index < -0.39 is 41.7 Å². The van der Waals surface area contributed by atoms with Crippen LogP contribution in [0.4, 0.5) is 4.79 Å². The number of rotatable bonds is 16. The Bertz CT molecular complexity index is 984. The Kier molecular flexibility index (Phi) is 13.3. The SMILES string of the molecule is CSCCC(C(=O)C(=O)NC1CC1)N(C(=O)CNC(=O)C(CC(C)C)NC(=O)OCc1ccccc1)C(C)C. The summed E-state index contributed by atoms with van der Waals surface area (Å²) in [5.41, 5.74) is 0.813. The lowest BCUT2D eigenvalue weighted by atomic mass is 10.0. The number of amides is 4. The number of nitrogens with one attached hydrogen (secondary N) is 3. The molecule has 0 aromatic heterocycles. The highest BCUT2D eigenvalue weighted by atomic mass is 32.2. The maximum absolute atomic E-state index is 13.3. The van der Waals surface area contributed by atoms with E-state index >= 15 is 0 Å². The quantitative estimate of drug-likeness (QED) is 0.264. The molecule has 1 aromatic rings. The zero-order valence-electron chi connectivity index (χ0n) is 23.5. The van der Waals surface area contributed by atoms with Crippen LogP contribution in [0.15, 0.2) is 30.3 Å². The summed E-state index contributed by atoms with van der Waals surface area (Å²) in [7, 11) is 0. The van der Waals surface area contributed by atoms with Crippen molar-refractivity contribution in [1.29, 1.82) is 0 Å². The largest absolute Gasteiger partial charge is 0.445 e. The summed E-state index contributed by atoms with van der Waals surface area (Å²) in [6.45, 7) is 7.05. The van der Waals surface area contributed by atoms with Crippen LogP contribution in [0.1, 0.15) is 58.9 Å². The van der Waals surface area contributed by atoms with Crippen molar-refractivity contribution in [3.05, 3.63) is 35.9 Å². The average Bonchev–Trinajstić information content (AvgIpc) is 3.71. The van der Waals surface area contributed by atoms with E-state index in [1.807, 2.05) is 50.4 Å². The van der Waals surface area contributed by atoms with Crippen molar-refractivity contribution in [3.8, 4) is 0 Å². The van der Waals surface area contributed by atoms with Crippen molar-refractivity contribution in [2.75, 3.05) is 18.6 Å². The molecule has 1 aliphatic carbocycles. The standard InChI is InChI=1S/C28H42N4O6S/c1-18(2)15-22(31-28(37)38-17-20-9-7-6-8-10-20)26(35)29-16-24(33)32(19(3)4)23(13-14-39-5)25(34)27(36)30-21-11-12-21/h6-10,18-19,21-23H,11-17H2,1-5H3,(H,29,35)(H,30,36)(H,31,37). The van der Waals surface area contributed by atoms with Crippen LogP contribution >= 0.6 is 11.8 Å². The number of Topliss-reactive ketones (excluding diaryl/α,β-unsaturated/α-hetero) is 1.